The van der Waals surface area contributed by atoms with Gasteiger partial charge in [-0.1, -0.05) is 40.8 Å². The van der Waals surface area contributed by atoms with Crippen LogP contribution in [0.2, 0.25) is 18.1 Å². The van der Waals surface area contributed by atoms with Gasteiger partial charge in [0.05, 0.1) is 12.0 Å². The molecule has 0 spiro atoms. The van der Waals surface area contributed by atoms with Gasteiger partial charge in [0.25, 0.3) is 0 Å². The molecule has 1 aliphatic heterocycles. The van der Waals surface area contributed by atoms with E-state index in [2.05, 4.69) is 33.9 Å². The highest BCUT2D eigenvalue weighted by molar-refractivity contribution is 6.80. The first-order chi connectivity index (χ1) is 6.64. The number of hydrogen-bond donors (Lipinski definition) is 0. The van der Waals surface area contributed by atoms with Crippen molar-refractivity contribution in [1.29, 1.82) is 0 Å². The van der Waals surface area contributed by atoms with Gasteiger partial charge in [0.15, 0.2) is 8.24 Å². The predicted molar refractivity (Wildman–Crippen MR) is 63.1 cm³/mol. The van der Waals surface area contributed by atoms with Crippen LogP contribution in [-0.2, 0) is 9.59 Å². The number of rotatable bonds is 2. The first-order valence-electron chi connectivity index (χ1n) is 5.43. The maximum atomic E-state index is 11.8. The lowest BCUT2D eigenvalue weighted by Gasteiger charge is -2.56. The Balaban J connectivity index is 2.99. The fourth-order valence-corrected chi connectivity index (χ4v) is 4.35. The molecule has 15 heavy (non-hydrogen) atoms. The van der Waals surface area contributed by atoms with Crippen molar-refractivity contribution in [1.82, 2.24) is 4.57 Å². The monoisotopic (exact) mass is 227 g/mol. The first kappa shape index (κ1) is 12.4. The Morgan fingerprint density at radius 3 is 2.13 bits per heavy atom. The van der Waals surface area contributed by atoms with Crippen LogP contribution in [0.4, 0.5) is 0 Å². The van der Waals surface area contributed by atoms with E-state index in [0.29, 0.717) is 0 Å². The van der Waals surface area contributed by atoms with Crippen LogP contribution in [0.15, 0.2) is 0 Å². The second-order valence-corrected chi connectivity index (χ2v) is 11.0. The van der Waals surface area contributed by atoms with E-state index >= 15 is 0 Å². The molecule has 1 heterocycles. The van der Waals surface area contributed by atoms with Gasteiger partial charge in [-0.05, 0) is 5.04 Å². The van der Waals surface area contributed by atoms with Crippen molar-refractivity contribution in [2.24, 2.45) is 5.92 Å². The van der Waals surface area contributed by atoms with Gasteiger partial charge in [-0.3, -0.25) is 4.79 Å². The fourth-order valence-electron chi connectivity index (χ4n) is 1.84. The van der Waals surface area contributed by atoms with Gasteiger partial charge in [-0.2, -0.15) is 0 Å². The van der Waals surface area contributed by atoms with Gasteiger partial charge in [0.2, 0.25) is 5.91 Å². The third kappa shape index (κ3) is 1.65. The molecule has 1 rings (SSSR count). The van der Waals surface area contributed by atoms with Gasteiger partial charge in [0.1, 0.15) is 6.29 Å². The average molecular weight is 227 g/mol. The number of nitrogens with zero attached hydrogens (tertiary/aromatic N) is 1. The van der Waals surface area contributed by atoms with E-state index in [9.17, 15) is 9.59 Å². The summed E-state index contributed by atoms with van der Waals surface area (Å²) in [6, 6.07) is -0.182. The van der Waals surface area contributed by atoms with Crippen LogP contribution in [0.3, 0.4) is 0 Å². The summed E-state index contributed by atoms with van der Waals surface area (Å²) >= 11 is 0. The molecule has 2 atom stereocenters. The van der Waals surface area contributed by atoms with Crippen LogP contribution in [0, 0.1) is 5.92 Å². The Hall–Kier alpha value is -0.643. The molecule has 0 aromatic heterocycles. The normalized spacial score (nSPS) is 27.6. The summed E-state index contributed by atoms with van der Waals surface area (Å²) in [6.07, 6.45) is 0.923. The number of β-lactam (4-membered cyclic amide) rings is 1. The van der Waals surface area contributed by atoms with Crippen LogP contribution in [-0.4, -0.2) is 31.0 Å². The molecular formula is C11H21NO2Si. The lowest BCUT2D eigenvalue weighted by molar-refractivity contribution is -0.149. The van der Waals surface area contributed by atoms with E-state index in [-0.39, 0.29) is 22.9 Å². The predicted octanol–water partition coefficient (Wildman–Crippen LogP) is 2.04. The number of carbonyl (C=O) groups is 2. The van der Waals surface area contributed by atoms with Gasteiger partial charge >= 0.3 is 0 Å². The Labute approximate surface area is 92.9 Å². The lowest BCUT2D eigenvalue weighted by atomic mass is 9.94. The van der Waals surface area contributed by atoms with E-state index < -0.39 is 8.24 Å². The van der Waals surface area contributed by atoms with Gasteiger partial charge in [0, 0.05) is 0 Å². The zero-order valence-corrected chi connectivity index (χ0v) is 11.5. The molecule has 0 unspecified atom stereocenters. The summed E-state index contributed by atoms with van der Waals surface area (Å²) in [7, 11) is -1.86. The van der Waals surface area contributed by atoms with Crippen LogP contribution >= 0.6 is 0 Å². The molecule has 0 aromatic carbocycles. The van der Waals surface area contributed by atoms with Crippen LogP contribution < -0.4 is 0 Å². The zero-order valence-electron chi connectivity index (χ0n) is 10.5. The summed E-state index contributed by atoms with van der Waals surface area (Å²) in [5.41, 5.74) is 0. The quantitative estimate of drug-likeness (QED) is 0.411. The number of amides is 1. The third-order valence-electron chi connectivity index (χ3n) is 4.01. The smallest absolute Gasteiger partial charge is 0.220 e. The van der Waals surface area contributed by atoms with E-state index in [0.717, 1.165) is 6.29 Å². The SMILES string of the molecule is C[C@@H]1C(=O)N([Si](C)(C)C(C)(C)C)[C@H]1C=O. The van der Waals surface area contributed by atoms with Gasteiger partial charge in [-0.25, -0.2) is 0 Å². The maximum Gasteiger partial charge on any atom is 0.220 e. The van der Waals surface area contributed by atoms with Crippen LogP contribution in [0.1, 0.15) is 27.7 Å². The van der Waals surface area contributed by atoms with Crippen molar-refractivity contribution in [3.05, 3.63) is 0 Å². The summed E-state index contributed by atoms with van der Waals surface area (Å²) in [4.78, 5) is 22.8. The highest BCUT2D eigenvalue weighted by atomic mass is 28.3. The molecule has 4 heteroatoms. The number of carbonyl (C=O) groups excluding carboxylic acids is 2. The standard InChI is InChI=1S/C11H21NO2Si/c1-8-9(7-13)12(10(8)14)15(5,6)11(2,3)4/h7-9H,1-6H3/t8-,9-/m0/s1. The van der Waals surface area contributed by atoms with E-state index in [4.69, 9.17) is 0 Å². The molecule has 0 aliphatic carbocycles. The van der Waals surface area contributed by atoms with Crippen LogP contribution in [0.5, 0.6) is 0 Å². The third-order valence-corrected chi connectivity index (χ3v) is 9.41. The lowest BCUT2D eigenvalue weighted by Crippen LogP contribution is -2.72. The molecule has 0 bridgehead atoms. The second kappa shape index (κ2) is 3.44. The molecule has 0 radical (unpaired) electrons. The van der Waals surface area contributed by atoms with Gasteiger partial charge < -0.3 is 9.36 Å². The van der Waals surface area contributed by atoms with Crippen molar-refractivity contribution in [2.75, 3.05) is 0 Å². The molecule has 0 N–H and O–H groups in total. The maximum absolute atomic E-state index is 11.8. The minimum Gasteiger partial charge on any atom is -0.359 e. The Morgan fingerprint density at radius 2 is 1.80 bits per heavy atom. The van der Waals surface area contributed by atoms with E-state index in [1.165, 1.54) is 0 Å². The largest absolute Gasteiger partial charge is 0.359 e. The average Bonchev–Trinajstić information content (AvgIpc) is 2.09. The summed E-state index contributed by atoms with van der Waals surface area (Å²) in [5.74, 6) is 0.0373. The number of hydrogen-bond acceptors (Lipinski definition) is 2. The zero-order chi connectivity index (χ0) is 12.0. The summed E-state index contributed by atoms with van der Waals surface area (Å²) in [6.45, 7) is 12.6. The first-order valence-corrected chi connectivity index (χ1v) is 8.38. The molecule has 1 saturated heterocycles. The van der Waals surface area contributed by atoms with Gasteiger partial charge in [-0.15, -0.1) is 0 Å². The molecule has 1 fully saturated rings. The van der Waals surface area contributed by atoms with Crippen molar-refractivity contribution >= 4 is 20.4 Å². The highest BCUT2D eigenvalue weighted by Gasteiger charge is 2.55. The number of aldehydes is 1. The Bertz CT molecular complexity index is 293. The molecule has 3 nitrogen and oxygen atoms in total. The van der Waals surface area contributed by atoms with Crippen molar-refractivity contribution in [3.8, 4) is 0 Å². The summed E-state index contributed by atoms with van der Waals surface area (Å²) < 4.78 is 1.87. The topological polar surface area (TPSA) is 37.4 Å². The molecule has 0 saturated carbocycles. The Morgan fingerprint density at radius 1 is 1.33 bits per heavy atom. The van der Waals surface area contributed by atoms with Crippen molar-refractivity contribution in [3.63, 3.8) is 0 Å². The summed E-state index contributed by atoms with van der Waals surface area (Å²) in [5, 5.41) is 0.101. The molecular weight excluding hydrogens is 206 g/mol. The Kier molecular flexibility index (Phi) is 2.85. The molecule has 1 amide bonds. The van der Waals surface area contributed by atoms with Crippen molar-refractivity contribution in [2.45, 2.75) is 51.9 Å². The minimum absolute atomic E-state index is 0.101. The van der Waals surface area contributed by atoms with Crippen LogP contribution in [0.25, 0.3) is 0 Å². The fraction of sp³-hybridized carbons (Fsp3) is 0.818. The van der Waals surface area contributed by atoms with E-state index in [1.54, 1.807) is 0 Å². The molecule has 86 valence electrons. The second-order valence-electron chi connectivity index (χ2n) is 5.93. The van der Waals surface area contributed by atoms with Crippen molar-refractivity contribution < 1.29 is 9.59 Å². The highest BCUT2D eigenvalue weighted by Crippen LogP contribution is 2.43. The molecule has 0 aromatic rings. The molecule has 1 aliphatic rings. The minimum atomic E-state index is -1.86. The van der Waals surface area contributed by atoms with E-state index in [1.807, 2.05) is 11.5 Å².